The summed E-state index contributed by atoms with van der Waals surface area (Å²) in [6, 6.07) is 0. The maximum absolute atomic E-state index is 11.7. The normalized spacial score (nSPS) is 11.5. The summed E-state index contributed by atoms with van der Waals surface area (Å²) in [6.45, 7) is 7.32. The standard InChI is InChI=1S/C12H23NO2/c1-4-6-8-13(9-7-5-2)12(15)10-11(3)14/h10,14H,4-9H2,1-3H3. The molecule has 0 aromatic rings. The summed E-state index contributed by atoms with van der Waals surface area (Å²) in [6.07, 6.45) is 5.50. The molecule has 0 aliphatic heterocycles. The quantitative estimate of drug-likeness (QED) is 0.522. The molecule has 0 heterocycles. The van der Waals surface area contributed by atoms with Gasteiger partial charge in [-0.15, -0.1) is 0 Å². The number of hydrogen-bond acceptors (Lipinski definition) is 2. The minimum absolute atomic E-state index is 0.0723. The van der Waals surface area contributed by atoms with E-state index in [1.54, 1.807) is 0 Å². The molecule has 0 unspecified atom stereocenters. The van der Waals surface area contributed by atoms with Crippen molar-refractivity contribution in [1.29, 1.82) is 0 Å². The van der Waals surface area contributed by atoms with Gasteiger partial charge in [-0.3, -0.25) is 4.79 Å². The molecule has 0 aliphatic carbocycles. The lowest BCUT2D eigenvalue weighted by Crippen LogP contribution is -2.31. The van der Waals surface area contributed by atoms with Gasteiger partial charge in [-0.05, 0) is 19.8 Å². The second kappa shape index (κ2) is 8.33. The van der Waals surface area contributed by atoms with Crippen molar-refractivity contribution in [3.8, 4) is 0 Å². The highest BCUT2D eigenvalue weighted by molar-refractivity contribution is 5.87. The summed E-state index contributed by atoms with van der Waals surface area (Å²) in [5.41, 5.74) is 0. The van der Waals surface area contributed by atoms with Gasteiger partial charge in [0.1, 0.15) is 0 Å². The summed E-state index contributed by atoms with van der Waals surface area (Å²) >= 11 is 0. The second-order valence-corrected chi connectivity index (χ2v) is 3.82. The third-order valence-corrected chi connectivity index (χ3v) is 2.21. The fourth-order valence-corrected chi connectivity index (χ4v) is 1.30. The Kier molecular flexibility index (Phi) is 7.78. The van der Waals surface area contributed by atoms with E-state index in [1.807, 2.05) is 4.90 Å². The van der Waals surface area contributed by atoms with Gasteiger partial charge in [0.05, 0.1) is 5.76 Å². The summed E-state index contributed by atoms with van der Waals surface area (Å²) in [5.74, 6) is 0.00916. The Morgan fingerprint density at radius 3 is 2.00 bits per heavy atom. The maximum Gasteiger partial charge on any atom is 0.249 e. The molecule has 0 spiro atoms. The minimum atomic E-state index is -0.0723. The Bertz CT molecular complexity index is 200. The first-order valence-corrected chi connectivity index (χ1v) is 5.78. The van der Waals surface area contributed by atoms with Gasteiger partial charge in [0, 0.05) is 19.2 Å². The number of unbranched alkanes of at least 4 members (excludes halogenated alkanes) is 2. The van der Waals surface area contributed by atoms with Crippen LogP contribution in [-0.4, -0.2) is 29.0 Å². The second-order valence-electron chi connectivity index (χ2n) is 3.82. The molecule has 0 radical (unpaired) electrons. The molecule has 0 saturated heterocycles. The molecule has 1 N–H and O–H groups in total. The zero-order chi connectivity index (χ0) is 11.7. The monoisotopic (exact) mass is 213 g/mol. The number of carbonyl (C=O) groups is 1. The lowest BCUT2D eigenvalue weighted by atomic mass is 10.2. The van der Waals surface area contributed by atoms with Crippen molar-refractivity contribution in [2.75, 3.05) is 13.1 Å². The molecule has 0 aliphatic rings. The first kappa shape index (κ1) is 14.0. The molecule has 0 aromatic carbocycles. The van der Waals surface area contributed by atoms with Gasteiger partial charge < -0.3 is 10.0 Å². The maximum atomic E-state index is 11.7. The molecule has 1 amide bonds. The van der Waals surface area contributed by atoms with Crippen LogP contribution in [0.4, 0.5) is 0 Å². The SMILES string of the molecule is CCCCN(CCCC)C(=O)C=C(C)O. The molecule has 0 atom stereocenters. The van der Waals surface area contributed by atoms with Gasteiger partial charge in [0.15, 0.2) is 0 Å². The number of allylic oxidation sites excluding steroid dienone is 1. The van der Waals surface area contributed by atoms with E-state index in [0.29, 0.717) is 0 Å². The number of rotatable bonds is 7. The van der Waals surface area contributed by atoms with Gasteiger partial charge in [0.25, 0.3) is 0 Å². The molecular weight excluding hydrogens is 190 g/mol. The summed E-state index contributed by atoms with van der Waals surface area (Å²) in [5, 5.41) is 9.04. The van der Waals surface area contributed by atoms with Crippen LogP contribution >= 0.6 is 0 Å². The zero-order valence-electron chi connectivity index (χ0n) is 10.1. The van der Waals surface area contributed by atoms with E-state index in [0.717, 1.165) is 38.8 Å². The molecule has 0 saturated carbocycles. The molecule has 0 fully saturated rings. The van der Waals surface area contributed by atoms with Crippen LogP contribution in [0.15, 0.2) is 11.8 Å². The summed E-state index contributed by atoms with van der Waals surface area (Å²) in [7, 11) is 0. The third-order valence-electron chi connectivity index (χ3n) is 2.21. The molecular formula is C12H23NO2. The predicted octanol–water partition coefficient (Wildman–Crippen LogP) is 2.88. The number of hydrogen-bond donors (Lipinski definition) is 1. The molecule has 0 aromatic heterocycles. The Balaban J connectivity index is 4.20. The highest BCUT2D eigenvalue weighted by Crippen LogP contribution is 2.01. The van der Waals surface area contributed by atoms with Crippen molar-refractivity contribution in [2.45, 2.75) is 46.5 Å². The lowest BCUT2D eigenvalue weighted by molar-refractivity contribution is -0.126. The number of aliphatic hydroxyl groups is 1. The van der Waals surface area contributed by atoms with Crippen LogP contribution in [0.25, 0.3) is 0 Å². The largest absolute Gasteiger partial charge is 0.512 e. The first-order valence-electron chi connectivity index (χ1n) is 5.78. The number of carbonyl (C=O) groups excluding carboxylic acids is 1. The molecule has 3 nitrogen and oxygen atoms in total. The van der Waals surface area contributed by atoms with Crippen LogP contribution < -0.4 is 0 Å². The number of amides is 1. The van der Waals surface area contributed by atoms with E-state index in [-0.39, 0.29) is 11.7 Å². The van der Waals surface area contributed by atoms with Crippen LogP contribution in [0, 0.1) is 0 Å². The topological polar surface area (TPSA) is 40.5 Å². The third kappa shape index (κ3) is 7.00. The molecule has 88 valence electrons. The molecule has 3 heteroatoms. The van der Waals surface area contributed by atoms with Crippen LogP contribution in [0.1, 0.15) is 46.5 Å². The van der Waals surface area contributed by atoms with Gasteiger partial charge in [-0.2, -0.15) is 0 Å². The number of aliphatic hydroxyl groups excluding tert-OH is 1. The molecule has 0 rings (SSSR count). The highest BCUT2D eigenvalue weighted by atomic mass is 16.3. The van der Waals surface area contributed by atoms with E-state index < -0.39 is 0 Å². The average molecular weight is 213 g/mol. The van der Waals surface area contributed by atoms with E-state index in [2.05, 4.69) is 13.8 Å². The van der Waals surface area contributed by atoms with Crippen LogP contribution in [0.2, 0.25) is 0 Å². The lowest BCUT2D eigenvalue weighted by Gasteiger charge is -2.20. The Labute approximate surface area is 92.8 Å². The first-order chi connectivity index (χ1) is 7.11. The number of nitrogens with zero attached hydrogens (tertiary/aromatic N) is 1. The Hall–Kier alpha value is -0.990. The van der Waals surface area contributed by atoms with Crippen molar-refractivity contribution in [3.05, 3.63) is 11.8 Å². The molecule has 0 bridgehead atoms. The van der Waals surface area contributed by atoms with E-state index in [4.69, 9.17) is 5.11 Å². The predicted molar refractivity (Wildman–Crippen MR) is 62.8 cm³/mol. The van der Waals surface area contributed by atoms with Gasteiger partial charge >= 0.3 is 0 Å². The van der Waals surface area contributed by atoms with Crippen molar-refractivity contribution in [3.63, 3.8) is 0 Å². The Morgan fingerprint density at radius 1 is 1.20 bits per heavy atom. The smallest absolute Gasteiger partial charge is 0.249 e. The fraction of sp³-hybridized carbons (Fsp3) is 0.750. The van der Waals surface area contributed by atoms with E-state index in [9.17, 15) is 4.79 Å². The van der Waals surface area contributed by atoms with Crippen molar-refractivity contribution in [2.24, 2.45) is 0 Å². The summed E-state index contributed by atoms with van der Waals surface area (Å²) in [4.78, 5) is 13.5. The van der Waals surface area contributed by atoms with Crippen molar-refractivity contribution >= 4 is 5.91 Å². The van der Waals surface area contributed by atoms with Crippen LogP contribution in [0.5, 0.6) is 0 Å². The Morgan fingerprint density at radius 2 is 1.67 bits per heavy atom. The van der Waals surface area contributed by atoms with E-state index in [1.165, 1.54) is 13.0 Å². The van der Waals surface area contributed by atoms with Gasteiger partial charge in [-0.25, -0.2) is 0 Å². The summed E-state index contributed by atoms with van der Waals surface area (Å²) < 4.78 is 0. The highest BCUT2D eigenvalue weighted by Gasteiger charge is 2.09. The van der Waals surface area contributed by atoms with Crippen LogP contribution in [-0.2, 0) is 4.79 Å². The van der Waals surface area contributed by atoms with Gasteiger partial charge in [-0.1, -0.05) is 26.7 Å². The van der Waals surface area contributed by atoms with Crippen LogP contribution in [0.3, 0.4) is 0 Å². The molecule has 15 heavy (non-hydrogen) atoms. The van der Waals surface area contributed by atoms with Crippen molar-refractivity contribution in [1.82, 2.24) is 4.90 Å². The zero-order valence-corrected chi connectivity index (χ0v) is 10.1. The fourth-order valence-electron chi connectivity index (χ4n) is 1.30. The van der Waals surface area contributed by atoms with Gasteiger partial charge in [0.2, 0.25) is 5.91 Å². The minimum Gasteiger partial charge on any atom is -0.512 e. The van der Waals surface area contributed by atoms with Crippen molar-refractivity contribution < 1.29 is 9.90 Å². The van der Waals surface area contributed by atoms with E-state index >= 15 is 0 Å². The average Bonchev–Trinajstić information content (AvgIpc) is 2.17.